The summed E-state index contributed by atoms with van der Waals surface area (Å²) in [6.45, 7) is 3.92. The number of carbonyl (C=O) groups excluding carboxylic acids is 1. The van der Waals surface area contributed by atoms with E-state index in [1.807, 2.05) is 74.5 Å². The lowest BCUT2D eigenvalue weighted by molar-refractivity contribution is 0.104. The highest BCUT2D eigenvalue weighted by Crippen LogP contribution is 2.42. The van der Waals surface area contributed by atoms with Crippen molar-refractivity contribution in [2.45, 2.75) is 13.8 Å². The number of carbonyl (C=O) groups is 1. The number of hydrogen-bond acceptors (Lipinski definition) is 4. The van der Waals surface area contributed by atoms with Gasteiger partial charge >= 0.3 is 0 Å². The number of aryl methyl sites for hydroxylation is 2. The van der Waals surface area contributed by atoms with Crippen molar-refractivity contribution in [2.24, 2.45) is 0 Å². The van der Waals surface area contributed by atoms with Crippen LogP contribution in [-0.4, -0.2) is 15.8 Å². The van der Waals surface area contributed by atoms with Crippen LogP contribution in [0.5, 0.6) is 0 Å². The van der Waals surface area contributed by atoms with Gasteiger partial charge in [0.2, 0.25) is 0 Å². The van der Waals surface area contributed by atoms with Crippen molar-refractivity contribution >= 4 is 28.1 Å². The number of aromatic nitrogens is 2. The van der Waals surface area contributed by atoms with E-state index in [-0.39, 0.29) is 5.78 Å². The molecule has 0 unspecified atom stereocenters. The molecule has 0 spiro atoms. The Morgan fingerprint density at radius 1 is 0.852 bits per heavy atom. The molecule has 130 valence electrons. The number of hydrogen-bond donors (Lipinski definition) is 1. The van der Waals surface area contributed by atoms with Gasteiger partial charge in [-0.25, -0.2) is 9.97 Å². The Balaban J connectivity index is 1.88. The first-order valence-electron chi connectivity index (χ1n) is 8.91. The van der Waals surface area contributed by atoms with E-state index in [4.69, 9.17) is 4.98 Å². The molecule has 4 aromatic rings. The molecule has 27 heavy (non-hydrogen) atoms. The average molecular weight is 351 g/mol. The fourth-order valence-electron chi connectivity index (χ4n) is 3.82. The molecular formula is C23H17N3O. The van der Waals surface area contributed by atoms with Gasteiger partial charge in [0, 0.05) is 22.2 Å². The van der Waals surface area contributed by atoms with Crippen LogP contribution in [0.25, 0.3) is 22.2 Å². The highest BCUT2D eigenvalue weighted by molar-refractivity contribution is 6.28. The molecule has 0 amide bonds. The summed E-state index contributed by atoms with van der Waals surface area (Å²) in [5.41, 5.74) is 6.63. The Morgan fingerprint density at radius 3 is 2.33 bits per heavy atom. The highest BCUT2D eigenvalue weighted by Gasteiger charge is 2.30. The van der Waals surface area contributed by atoms with Crippen LogP contribution in [0.15, 0.2) is 60.7 Å². The van der Waals surface area contributed by atoms with Gasteiger partial charge in [0.05, 0.1) is 22.5 Å². The Morgan fingerprint density at radius 2 is 1.56 bits per heavy atom. The Kier molecular flexibility index (Phi) is 3.34. The standard InChI is InChI=1S/C23H17N3O/c1-13-12-18(26-15-8-4-3-5-9-15)19-20-21(13)24-14(2)25-22(20)16-10-6-7-11-17(16)23(19)27/h3-12,26H,1-2H3. The summed E-state index contributed by atoms with van der Waals surface area (Å²) in [5.74, 6) is 0.716. The minimum absolute atomic E-state index is 0.00832. The zero-order chi connectivity index (χ0) is 18.5. The van der Waals surface area contributed by atoms with Gasteiger partial charge in [-0.05, 0) is 37.6 Å². The van der Waals surface area contributed by atoms with E-state index >= 15 is 0 Å². The molecule has 0 saturated heterocycles. The monoisotopic (exact) mass is 351 g/mol. The second-order valence-corrected chi connectivity index (χ2v) is 6.82. The van der Waals surface area contributed by atoms with E-state index in [9.17, 15) is 4.79 Å². The van der Waals surface area contributed by atoms with E-state index in [0.29, 0.717) is 17.0 Å². The summed E-state index contributed by atoms with van der Waals surface area (Å²) < 4.78 is 0. The number of benzene rings is 3. The van der Waals surface area contributed by atoms with Crippen molar-refractivity contribution in [3.8, 4) is 11.3 Å². The van der Waals surface area contributed by atoms with Gasteiger partial charge in [-0.2, -0.15) is 0 Å². The molecule has 1 heterocycles. The van der Waals surface area contributed by atoms with E-state index < -0.39 is 0 Å². The summed E-state index contributed by atoms with van der Waals surface area (Å²) in [6, 6.07) is 19.6. The molecule has 5 rings (SSSR count). The minimum Gasteiger partial charge on any atom is -0.355 e. The van der Waals surface area contributed by atoms with Crippen molar-refractivity contribution < 1.29 is 4.79 Å². The van der Waals surface area contributed by atoms with E-state index in [0.717, 1.165) is 39.1 Å². The van der Waals surface area contributed by atoms with E-state index in [2.05, 4.69) is 10.3 Å². The maximum Gasteiger partial charge on any atom is 0.196 e. The lowest BCUT2D eigenvalue weighted by atomic mass is 9.84. The normalized spacial score (nSPS) is 12.1. The molecule has 0 fully saturated rings. The van der Waals surface area contributed by atoms with Crippen LogP contribution in [0.4, 0.5) is 11.4 Å². The topological polar surface area (TPSA) is 54.9 Å². The molecule has 1 N–H and O–H groups in total. The molecule has 3 aromatic carbocycles. The zero-order valence-corrected chi connectivity index (χ0v) is 15.1. The summed E-state index contributed by atoms with van der Waals surface area (Å²) in [7, 11) is 0. The molecule has 4 heteroatoms. The molecule has 0 bridgehead atoms. The van der Waals surface area contributed by atoms with Gasteiger partial charge in [-0.3, -0.25) is 4.79 Å². The third kappa shape index (κ3) is 2.34. The Bertz CT molecular complexity index is 1230. The zero-order valence-electron chi connectivity index (χ0n) is 15.1. The quantitative estimate of drug-likeness (QED) is 0.475. The molecule has 1 aliphatic carbocycles. The predicted molar refractivity (Wildman–Crippen MR) is 108 cm³/mol. The van der Waals surface area contributed by atoms with Crippen molar-refractivity contribution in [3.63, 3.8) is 0 Å². The number of ketones is 1. The Labute approximate surface area is 156 Å². The van der Waals surface area contributed by atoms with Gasteiger partial charge in [0.1, 0.15) is 5.82 Å². The first-order chi connectivity index (χ1) is 13.1. The van der Waals surface area contributed by atoms with E-state index in [1.165, 1.54) is 0 Å². The Hall–Kier alpha value is -3.53. The molecule has 1 aromatic heterocycles. The number of fused-ring (bicyclic) bond motifs is 2. The van der Waals surface area contributed by atoms with Crippen LogP contribution < -0.4 is 5.32 Å². The van der Waals surface area contributed by atoms with Crippen molar-refractivity contribution in [2.75, 3.05) is 5.32 Å². The van der Waals surface area contributed by atoms with Crippen LogP contribution in [-0.2, 0) is 0 Å². The summed E-state index contributed by atoms with van der Waals surface area (Å²) >= 11 is 0. The van der Waals surface area contributed by atoms with Crippen LogP contribution in [0.3, 0.4) is 0 Å². The van der Waals surface area contributed by atoms with Gasteiger partial charge in [-0.15, -0.1) is 0 Å². The van der Waals surface area contributed by atoms with Gasteiger partial charge in [0.15, 0.2) is 5.78 Å². The summed E-state index contributed by atoms with van der Waals surface area (Å²) in [4.78, 5) is 22.8. The van der Waals surface area contributed by atoms with Crippen molar-refractivity contribution in [1.29, 1.82) is 0 Å². The second kappa shape index (κ2) is 5.74. The fourth-order valence-corrected chi connectivity index (χ4v) is 3.82. The number of anilines is 2. The number of rotatable bonds is 2. The van der Waals surface area contributed by atoms with Crippen LogP contribution >= 0.6 is 0 Å². The van der Waals surface area contributed by atoms with Gasteiger partial charge in [-0.1, -0.05) is 42.5 Å². The first-order valence-corrected chi connectivity index (χ1v) is 8.91. The fraction of sp³-hybridized carbons (Fsp3) is 0.0870. The molecule has 0 saturated carbocycles. The molecule has 0 aliphatic heterocycles. The molecule has 0 radical (unpaired) electrons. The van der Waals surface area contributed by atoms with Gasteiger partial charge in [0.25, 0.3) is 0 Å². The smallest absolute Gasteiger partial charge is 0.196 e. The summed E-state index contributed by atoms with van der Waals surface area (Å²) in [5, 5.41) is 4.25. The molecule has 4 nitrogen and oxygen atoms in total. The van der Waals surface area contributed by atoms with Crippen molar-refractivity contribution in [1.82, 2.24) is 9.97 Å². The van der Waals surface area contributed by atoms with Crippen LogP contribution in [0, 0.1) is 13.8 Å². The van der Waals surface area contributed by atoms with Crippen molar-refractivity contribution in [3.05, 3.63) is 83.2 Å². The number of nitrogens with zero attached hydrogens (tertiary/aromatic N) is 2. The lowest BCUT2D eigenvalue weighted by Gasteiger charge is -2.23. The first kappa shape index (κ1) is 15.7. The van der Waals surface area contributed by atoms with E-state index in [1.54, 1.807) is 0 Å². The molecule has 1 aliphatic rings. The SMILES string of the molecule is Cc1nc2c3c(c(Nc4ccccc4)cc(C)c3n1)C(=O)c1ccccc1-2. The highest BCUT2D eigenvalue weighted by atomic mass is 16.1. The summed E-state index contributed by atoms with van der Waals surface area (Å²) in [6.07, 6.45) is 0. The van der Waals surface area contributed by atoms with Gasteiger partial charge < -0.3 is 5.32 Å². The number of para-hydroxylation sites is 1. The maximum atomic E-state index is 13.4. The minimum atomic E-state index is 0.00832. The lowest BCUT2D eigenvalue weighted by Crippen LogP contribution is -2.15. The second-order valence-electron chi connectivity index (χ2n) is 6.82. The predicted octanol–water partition coefficient (Wildman–Crippen LogP) is 5.20. The third-order valence-corrected chi connectivity index (χ3v) is 4.98. The molecular weight excluding hydrogens is 334 g/mol. The van der Waals surface area contributed by atoms with Crippen LogP contribution in [0.2, 0.25) is 0 Å². The largest absolute Gasteiger partial charge is 0.355 e. The maximum absolute atomic E-state index is 13.4. The van der Waals surface area contributed by atoms with Crippen LogP contribution in [0.1, 0.15) is 27.3 Å². The third-order valence-electron chi connectivity index (χ3n) is 4.98. The average Bonchev–Trinajstić information content (AvgIpc) is 2.68. The number of nitrogens with one attached hydrogen (secondary N) is 1. The molecule has 0 atom stereocenters.